The number of aromatic nitrogens is 2. The minimum atomic E-state index is 0.525. The molecule has 2 heterocycles. The van der Waals surface area contributed by atoms with Gasteiger partial charge in [-0.05, 0) is 49.0 Å². The Morgan fingerprint density at radius 1 is 1.35 bits per heavy atom. The van der Waals surface area contributed by atoms with E-state index in [1.54, 1.807) is 0 Å². The molecule has 3 rings (SSSR count). The molecule has 0 radical (unpaired) electrons. The molecule has 1 N–H and O–H groups in total. The van der Waals surface area contributed by atoms with E-state index in [1.807, 2.05) is 25.1 Å². The van der Waals surface area contributed by atoms with E-state index < -0.39 is 0 Å². The fourth-order valence-corrected chi connectivity index (χ4v) is 2.33. The van der Waals surface area contributed by atoms with Crippen molar-refractivity contribution in [1.82, 2.24) is 9.97 Å². The number of benzene rings is 1. The Morgan fingerprint density at radius 2 is 2.24 bits per heavy atom. The molecule has 0 fully saturated rings. The standard InChI is InChI=1S/C13H12N2OS/c1-8-6-11(15-13(17)14-8)9-2-3-12-10(7-9)4-5-16-12/h2-3,6-7H,4-5H2,1H3,(H,14,15,17). The molecule has 0 amide bonds. The number of fused-ring (bicyclic) bond motifs is 1. The van der Waals surface area contributed by atoms with Gasteiger partial charge in [-0.1, -0.05) is 0 Å². The normalized spacial score (nSPS) is 13.2. The lowest BCUT2D eigenvalue weighted by molar-refractivity contribution is 0.357. The van der Waals surface area contributed by atoms with Crippen molar-refractivity contribution >= 4 is 12.2 Å². The molecule has 17 heavy (non-hydrogen) atoms. The van der Waals surface area contributed by atoms with Crippen LogP contribution in [0.3, 0.4) is 0 Å². The molecule has 3 nitrogen and oxygen atoms in total. The van der Waals surface area contributed by atoms with Crippen molar-refractivity contribution in [2.45, 2.75) is 13.3 Å². The highest BCUT2D eigenvalue weighted by Crippen LogP contribution is 2.29. The Hall–Kier alpha value is -1.68. The molecule has 0 spiro atoms. The van der Waals surface area contributed by atoms with E-state index in [9.17, 15) is 0 Å². The van der Waals surface area contributed by atoms with Crippen LogP contribution in [0.2, 0.25) is 0 Å². The quantitative estimate of drug-likeness (QED) is 0.783. The van der Waals surface area contributed by atoms with Crippen LogP contribution in [-0.4, -0.2) is 16.6 Å². The van der Waals surface area contributed by atoms with E-state index in [-0.39, 0.29) is 0 Å². The maximum Gasteiger partial charge on any atom is 0.197 e. The van der Waals surface area contributed by atoms with Crippen LogP contribution < -0.4 is 4.74 Å². The van der Waals surface area contributed by atoms with E-state index in [4.69, 9.17) is 17.0 Å². The lowest BCUT2D eigenvalue weighted by Crippen LogP contribution is -1.91. The van der Waals surface area contributed by atoms with Crippen molar-refractivity contribution in [3.05, 3.63) is 40.3 Å². The number of hydrogen-bond donors (Lipinski definition) is 1. The van der Waals surface area contributed by atoms with Crippen LogP contribution in [0.15, 0.2) is 24.3 Å². The van der Waals surface area contributed by atoms with Crippen LogP contribution >= 0.6 is 12.2 Å². The summed E-state index contributed by atoms with van der Waals surface area (Å²) < 4.78 is 6.01. The van der Waals surface area contributed by atoms with Crippen LogP contribution in [0.25, 0.3) is 11.3 Å². The second-order valence-corrected chi connectivity index (χ2v) is 4.56. The zero-order chi connectivity index (χ0) is 11.8. The maximum atomic E-state index is 5.49. The van der Waals surface area contributed by atoms with Crippen LogP contribution in [0, 0.1) is 11.7 Å². The summed E-state index contributed by atoms with van der Waals surface area (Å²) in [6.45, 7) is 2.76. The fourth-order valence-electron chi connectivity index (χ4n) is 2.07. The highest BCUT2D eigenvalue weighted by atomic mass is 32.1. The molecule has 1 aromatic carbocycles. The van der Waals surface area contributed by atoms with Crippen molar-refractivity contribution in [2.75, 3.05) is 6.61 Å². The summed E-state index contributed by atoms with van der Waals surface area (Å²) in [5, 5.41) is 0. The van der Waals surface area contributed by atoms with Gasteiger partial charge in [0.1, 0.15) is 5.75 Å². The van der Waals surface area contributed by atoms with Gasteiger partial charge in [0.25, 0.3) is 0 Å². The molecule has 0 aliphatic carbocycles. The fraction of sp³-hybridized carbons (Fsp3) is 0.231. The van der Waals surface area contributed by atoms with Crippen molar-refractivity contribution < 1.29 is 4.74 Å². The van der Waals surface area contributed by atoms with E-state index in [1.165, 1.54) is 5.56 Å². The Labute approximate surface area is 104 Å². The van der Waals surface area contributed by atoms with Gasteiger partial charge in [0.15, 0.2) is 4.77 Å². The van der Waals surface area contributed by atoms with Gasteiger partial charge < -0.3 is 9.72 Å². The predicted octanol–water partition coefficient (Wildman–Crippen LogP) is 3.05. The molecule has 0 saturated heterocycles. The van der Waals surface area contributed by atoms with Gasteiger partial charge >= 0.3 is 0 Å². The van der Waals surface area contributed by atoms with E-state index in [0.717, 1.165) is 35.7 Å². The number of rotatable bonds is 1. The van der Waals surface area contributed by atoms with E-state index in [2.05, 4.69) is 16.0 Å². The third kappa shape index (κ3) is 1.96. The van der Waals surface area contributed by atoms with Crippen LogP contribution in [0.4, 0.5) is 0 Å². The third-order valence-electron chi connectivity index (χ3n) is 2.86. The molecule has 2 aromatic rings. The Bertz CT molecular complexity index is 634. The predicted molar refractivity (Wildman–Crippen MR) is 68.8 cm³/mol. The average molecular weight is 244 g/mol. The largest absolute Gasteiger partial charge is 0.493 e. The number of H-pyrrole nitrogens is 1. The van der Waals surface area contributed by atoms with Gasteiger partial charge in [-0.3, -0.25) is 0 Å². The summed E-state index contributed by atoms with van der Waals surface area (Å²) in [4.78, 5) is 7.36. The first-order valence-electron chi connectivity index (χ1n) is 5.56. The molecule has 1 aliphatic rings. The first kappa shape index (κ1) is 10.5. The van der Waals surface area contributed by atoms with E-state index >= 15 is 0 Å². The molecule has 0 unspecified atom stereocenters. The lowest BCUT2D eigenvalue weighted by Gasteiger charge is -2.04. The van der Waals surface area contributed by atoms with Gasteiger partial charge in [-0.15, -0.1) is 0 Å². The molecule has 86 valence electrons. The van der Waals surface area contributed by atoms with Crippen LogP contribution in [0.1, 0.15) is 11.3 Å². The second-order valence-electron chi connectivity index (χ2n) is 4.18. The molecule has 4 heteroatoms. The first-order chi connectivity index (χ1) is 8.22. The maximum absolute atomic E-state index is 5.49. The van der Waals surface area contributed by atoms with Gasteiger partial charge in [-0.25, -0.2) is 4.98 Å². The van der Waals surface area contributed by atoms with Gasteiger partial charge in [0.2, 0.25) is 0 Å². The van der Waals surface area contributed by atoms with E-state index in [0.29, 0.717) is 4.77 Å². The Balaban J connectivity index is 2.12. The number of nitrogens with one attached hydrogen (secondary N) is 1. The number of aryl methyl sites for hydroxylation is 1. The zero-order valence-corrected chi connectivity index (χ0v) is 10.3. The molecule has 0 atom stereocenters. The van der Waals surface area contributed by atoms with Gasteiger partial charge in [-0.2, -0.15) is 0 Å². The lowest BCUT2D eigenvalue weighted by atomic mass is 10.1. The monoisotopic (exact) mass is 244 g/mol. The van der Waals surface area contributed by atoms with Crippen molar-refractivity contribution in [1.29, 1.82) is 0 Å². The van der Waals surface area contributed by atoms with Gasteiger partial charge in [0, 0.05) is 17.7 Å². The second kappa shape index (κ2) is 3.96. The van der Waals surface area contributed by atoms with Crippen LogP contribution in [-0.2, 0) is 6.42 Å². The molecule has 1 aliphatic heterocycles. The van der Waals surface area contributed by atoms with Crippen molar-refractivity contribution in [2.24, 2.45) is 0 Å². The van der Waals surface area contributed by atoms with Crippen molar-refractivity contribution in [3.8, 4) is 17.0 Å². The first-order valence-corrected chi connectivity index (χ1v) is 5.97. The van der Waals surface area contributed by atoms with Crippen LogP contribution in [0.5, 0.6) is 5.75 Å². The third-order valence-corrected chi connectivity index (χ3v) is 3.06. The number of aromatic amines is 1. The Kier molecular flexibility index (Phi) is 2.44. The summed E-state index contributed by atoms with van der Waals surface area (Å²) in [5.74, 6) is 0.992. The zero-order valence-electron chi connectivity index (χ0n) is 9.49. The number of ether oxygens (including phenoxy) is 1. The minimum absolute atomic E-state index is 0.525. The molecular formula is C13H12N2OS. The highest BCUT2D eigenvalue weighted by Gasteiger charge is 2.13. The SMILES string of the molecule is Cc1cc(-c2ccc3c(c2)CCO3)nc(=S)[nH]1. The summed E-state index contributed by atoms with van der Waals surface area (Å²) in [5.41, 5.74) is 4.29. The van der Waals surface area contributed by atoms with Gasteiger partial charge in [0.05, 0.1) is 12.3 Å². The summed E-state index contributed by atoms with van der Waals surface area (Å²) in [6, 6.07) is 8.18. The smallest absolute Gasteiger partial charge is 0.197 e. The summed E-state index contributed by atoms with van der Waals surface area (Å²) in [6.07, 6.45) is 0.974. The molecule has 0 saturated carbocycles. The molecule has 1 aromatic heterocycles. The average Bonchev–Trinajstić information content (AvgIpc) is 2.74. The summed E-state index contributed by atoms with van der Waals surface area (Å²) in [7, 11) is 0. The number of nitrogens with zero attached hydrogens (tertiary/aromatic N) is 1. The number of hydrogen-bond acceptors (Lipinski definition) is 3. The molecule has 0 bridgehead atoms. The minimum Gasteiger partial charge on any atom is -0.493 e. The Morgan fingerprint density at radius 3 is 3.06 bits per heavy atom. The highest BCUT2D eigenvalue weighted by molar-refractivity contribution is 7.71. The van der Waals surface area contributed by atoms with Crippen molar-refractivity contribution in [3.63, 3.8) is 0 Å². The topological polar surface area (TPSA) is 37.9 Å². The molecular weight excluding hydrogens is 232 g/mol. The summed E-state index contributed by atoms with van der Waals surface area (Å²) >= 11 is 5.10.